The number of thiophene rings is 1. The molecular weight excluding hydrogens is 306 g/mol. The molecule has 4 nitrogen and oxygen atoms in total. The van der Waals surface area contributed by atoms with Crippen molar-refractivity contribution in [2.75, 3.05) is 11.9 Å². The van der Waals surface area contributed by atoms with Gasteiger partial charge in [0.05, 0.1) is 22.5 Å². The lowest BCUT2D eigenvalue weighted by atomic mass is 9.97. The first-order chi connectivity index (χ1) is 11.2. The van der Waals surface area contributed by atoms with E-state index < -0.39 is 0 Å². The van der Waals surface area contributed by atoms with Gasteiger partial charge in [-0.25, -0.2) is 9.97 Å². The molecule has 23 heavy (non-hydrogen) atoms. The third-order valence-electron chi connectivity index (χ3n) is 4.56. The zero-order valence-electron chi connectivity index (χ0n) is 13.0. The Balaban J connectivity index is 1.83. The number of hydrogen-bond acceptors (Lipinski definition) is 5. The predicted octanol–water partition coefficient (Wildman–Crippen LogP) is 3.93. The van der Waals surface area contributed by atoms with Crippen LogP contribution in [0.1, 0.15) is 19.8 Å². The molecule has 0 bridgehead atoms. The van der Waals surface area contributed by atoms with Gasteiger partial charge in [0.1, 0.15) is 5.82 Å². The van der Waals surface area contributed by atoms with Crippen LogP contribution in [0.5, 0.6) is 0 Å². The minimum atomic E-state index is -0.330. The first kappa shape index (κ1) is 14.6. The van der Waals surface area contributed by atoms with Crippen LogP contribution in [0.15, 0.2) is 41.8 Å². The average Bonchev–Trinajstić information content (AvgIpc) is 3.30. The zero-order valence-corrected chi connectivity index (χ0v) is 13.8. The van der Waals surface area contributed by atoms with E-state index in [9.17, 15) is 5.11 Å². The number of rotatable bonds is 5. The first-order valence-corrected chi connectivity index (χ1v) is 8.77. The Morgan fingerprint density at radius 2 is 2.04 bits per heavy atom. The SMILES string of the molecule is CC(CO)(Nc1nc(-c2cccs2)nc2ccccc12)C1CC1. The summed E-state index contributed by atoms with van der Waals surface area (Å²) in [7, 11) is 0. The number of hydrogen-bond donors (Lipinski definition) is 2. The molecule has 0 saturated heterocycles. The molecule has 0 aliphatic heterocycles. The molecule has 1 fully saturated rings. The monoisotopic (exact) mass is 325 g/mol. The number of para-hydroxylation sites is 1. The van der Waals surface area contributed by atoms with Crippen molar-refractivity contribution in [2.24, 2.45) is 5.92 Å². The van der Waals surface area contributed by atoms with Gasteiger partial charge in [-0.15, -0.1) is 11.3 Å². The van der Waals surface area contributed by atoms with Gasteiger partial charge in [-0.2, -0.15) is 0 Å². The normalized spacial score (nSPS) is 17.1. The summed E-state index contributed by atoms with van der Waals surface area (Å²) in [5.41, 5.74) is 0.591. The highest BCUT2D eigenvalue weighted by atomic mass is 32.1. The second-order valence-electron chi connectivity index (χ2n) is 6.37. The van der Waals surface area contributed by atoms with E-state index in [1.807, 2.05) is 41.8 Å². The molecule has 1 aromatic carbocycles. The van der Waals surface area contributed by atoms with Crippen molar-refractivity contribution >= 4 is 28.1 Å². The Morgan fingerprint density at radius 1 is 1.22 bits per heavy atom. The molecule has 2 aromatic heterocycles. The highest BCUT2D eigenvalue weighted by Gasteiger charge is 2.41. The Labute approximate surface area is 139 Å². The maximum atomic E-state index is 9.88. The molecule has 4 rings (SSSR count). The molecule has 1 atom stereocenters. The van der Waals surface area contributed by atoms with Crippen molar-refractivity contribution in [3.8, 4) is 10.7 Å². The number of nitrogens with one attached hydrogen (secondary N) is 1. The Kier molecular flexibility index (Phi) is 3.54. The first-order valence-electron chi connectivity index (χ1n) is 7.89. The summed E-state index contributed by atoms with van der Waals surface area (Å²) in [6.45, 7) is 2.18. The molecule has 0 radical (unpaired) electrons. The van der Waals surface area contributed by atoms with Crippen LogP contribution < -0.4 is 5.32 Å². The number of anilines is 1. The fourth-order valence-electron chi connectivity index (χ4n) is 2.95. The smallest absolute Gasteiger partial charge is 0.172 e. The number of aliphatic hydroxyl groups is 1. The summed E-state index contributed by atoms with van der Waals surface area (Å²) in [6.07, 6.45) is 2.32. The molecule has 2 N–H and O–H groups in total. The number of aliphatic hydroxyl groups excluding tert-OH is 1. The molecule has 1 saturated carbocycles. The van der Waals surface area contributed by atoms with Gasteiger partial charge in [0.25, 0.3) is 0 Å². The number of benzene rings is 1. The van der Waals surface area contributed by atoms with Crippen molar-refractivity contribution in [3.63, 3.8) is 0 Å². The Hall–Kier alpha value is -1.98. The van der Waals surface area contributed by atoms with Crippen LogP contribution in [0.25, 0.3) is 21.6 Å². The quantitative estimate of drug-likeness (QED) is 0.746. The zero-order chi connectivity index (χ0) is 15.9. The maximum absolute atomic E-state index is 9.88. The molecule has 1 aliphatic carbocycles. The second kappa shape index (κ2) is 5.58. The van der Waals surface area contributed by atoms with E-state index in [2.05, 4.69) is 12.2 Å². The maximum Gasteiger partial charge on any atom is 0.172 e. The highest BCUT2D eigenvalue weighted by molar-refractivity contribution is 7.13. The molecule has 118 valence electrons. The molecule has 1 unspecified atom stereocenters. The molecule has 0 spiro atoms. The van der Waals surface area contributed by atoms with Crippen LogP contribution in [0.3, 0.4) is 0 Å². The molecular formula is C18H19N3OS. The minimum Gasteiger partial charge on any atom is -0.394 e. The van der Waals surface area contributed by atoms with Crippen LogP contribution in [0.4, 0.5) is 5.82 Å². The lowest BCUT2D eigenvalue weighted by Crippen LogP contribution is -2.41. The van der Waals surface area contributed by atoms with Crippen LogP contribution in [0.2, 0.25) is 0 Å². The third-order valence-corrected chi connectivity index (χ3v) is 5.42. The van der Waals surface area contributed by atoms with Crippen molar-refractivity contribution in [3.05, 3.63) is 41.8 Å². The predicted molar refractivity (Wildman–Crippen MR) is 94.7 cm³/mol. The standard InChI is InChI=1S/C18H19N3OS/c1-18(11-22,12-8-9-12)21-16-13-5-2-3-6-14(13)19-17(20-16)15-7-4-10-23-15/h2-7,10,12,22H,8-9,11H2,1H3,(H,19,20,21). The van der Waals surface area contributed by atoms with Gasteiger partial charge in [-0.05, 0) is 49.3 Å². The van der Waals surface area contributed by atoms with Gasteiger partial charge in [0.2, 0.25) is 0 Å². The third kappa shape index (κ3) is 2.71. The lowest BCUT2D eigenvalue weighted by molar-refractivity contribution is 0.206. The number of fused-ring (bicyclic) bond motifs is 1. The van der Waals surface area contributed by atoms with Crippen molar-refractivity contribution in [1.29, 1.82) is 0 Å². The highest BCUT2D eigenvalue weighted by Crippen LogP contribution is 2.42. The average molecular weight is 325 g/mol. The van der Waals surface area contributed by atoms with E-state index in [4.69, 9.17) is 9.97 Å². The minimum absolute atomic E-state index is 0.102. The fraction of sp³-hybridized carbons (Fsp3) is 0.333. The van der Waals surface area contributed by atoms with E-state index in [1.54, 1.807) is 11.3 Å². The van der Waals surface area contributed by atoms with E-state index in [0.717, 1.165) is 40.3 Å². The van der Waals surface area contributed by atoms with E-state index in [-0.39, 0.29) is 12.1 Å². The van der Waals surface area contributed by atoms with Crippen molar-refractivity contribution in [2.45, 2.75) is 25.3 Å². The number of nitrogens with zero attached hydrogens (tertiary/aromatic N) is 2. The van der Waals surface area contributed by atoms with Gasteiger partial charge >= 0.3 is 0 Å². The van der Waals surface area contributed by atoms with Gasteiger partial charge in [0.15, 0.2) is 5.82 Å². The van der Waals surface area contributed by atoms with E-state index >= 15 is 0 Å². The summed E-state index contributed by atoms with van der Waals surface area (Å²) in [6, 6.07) is 12.1. The molecule has 0 amide bonds. The van der Waals surface area contributed by atoms with Crippen molar-refractivity contribution in [1.82, 2.24) is 9.97 Å². The molecule has 1 aliphatic rings. The van der Waals surface area contributed by atoms with Gasteiger partial charge < -0.3 is 10.4 Å². The van der Waals surface area contributed by atoms with E-state index in [1.165, 1.54) is 0 Å². The second-order valence-corrected chi connectivity index (χ2v) is 7.31. The van der Waals surface area contributed by atoms with Crippen LogP contribution in [-0.4, -0.2) is 27.2 Å². The Bertz CT molecular complexity index is 829. The van der Waals surface area contributed by atoms with Gasteiger partial charge in [-0.3, -0.25) is 0 Å². The summed E-state index contributed by atoms with van der Waals surface area (Å²) in [4.78, 5) is 10.5. The molecule has 5 heteroatoms. The summed E-state index contributed by atoms with van der Waals surface area (Å²) < 4.78 is 0. The van der Waals surface area contributed by atoms with Gasteiger partial charge in [0, 0.05) is 5.39 Å². The fourth-order valence-corrected chi connectivity index (χ4v) is 3.61. The lowest BCUT2D eigenvalue weighted by Gasteiger charge is -2.30. The van der Waals surface area contributed by atoms with Crippen LogP contribution in [0, 0.1) is 5.92 Å². The van der Waals surface area contributed by atoms with Crippen LogP contribution >= 0.6 is 11.3 Å². The summed E-state index contributed by atoms with van der Waals surface area (Å²) >= 11 is 1.63. The molecule has 3 aromatic rings. The van der Waals surface area contributed by atoms with E-state index in [0.29, 0.717) is 5.92 Å². The molecule has 2 heterocycles. The topological polar surface area (TPSA) is 58.0 Å². The summed E-state index contributed by atoms with van der Waals surface area (Å²) in [5.74, 6) is 2.05. The largest absolute Gasteiger partial charge is 0.394 e. The van der Waals surface area contributed by atoms with Crippen LogP contribution in [-0.2, 0) is 0 Å². The van der Waals surface area contributed by atoms with Gasteiger partial charge in [-0.1, -0.05) is 18.2 Å². The number of aromatic nitrogens is 2. The summed E-state index contributed by atoms with van der Waals surface area (Å²) in [5, 5.41) is 16.4. The van der Waals surface area contributed by atoms with Crippen molar-refractivity contribution < 1.29 is 5.11 Å². The Morgan fingerprint density at radius 3 is 2.74 bits per heavy atom.